The Kier molecular flexibility index (Phi) is 4.23. The van der Waals surface area contributed by atoms with Gasteiger partial charge in [-0.25, -0.2) is 9.48 Å². The summed E-state index contributed by atoms with van der Waals surface area (Å²) in [4.78, 5) is 23.4. The van der Waals surface area contributed by atoms with Crippen LogP contribution in [0.5, 0.6) is 0 Å². The zero-order valence-corrected chi connectivity index (χ0v) is 13.2. The predicted molar refractivity (Wildman–Crippen MR) is 83.6 cm³/mol. The number of aromatic nitrogens is 2. The average molecular weight is 322 g/mol. The number of carbonyl (C=O) groups is 2. The molecule has 0 saturated heterocycles. The fourth-order valence-corrected chi connectivity index (χ4v) is 2.14. The Labute approximate surface area is 132 Å². The molecule has 0 unspecified atom stereocenters. The van der Waals surface area contributed by atoms with Gasteiger partial charge < -0.3 is 10.4 Å². The van der Waals surface area contributed by atoms with Crippen LogP contribution >= 0.6 is 11.6 Å². The van der Waals surface area contributed by atoms with Crippen LogP contribution in [0.4, 0.5) is 5.82 Å². The van der Waals surface area contributed by atoms with E-state index in [1.54, 1.807) is 24.3 Å². The highest BCUT2D eigenvalue weighted by atomic mass is 35.5. The number of rotatable bonds is 3. The number of benzene rings is 1. The smallest absolute Gasteiger partial charge is 0.356 e. The van der Waals surface area contributed by atoms with Gasteiger partial charge in [0.2, 0.25) is 0 Å². The lowest BCUT2D eigenvalue weighted by Crippen LogP contribution is -2.27. The van der Waals surface area contributed by atoms with Crippen molar-refractivity contribution in [2.45, 2.75) is 26.3 Å². The Bertz CT molecular complexity index is 732. The number of aromatic carboxylic acids is 1. The molecule has 0 aliphatic carbocycles. The first-order chi connectivity index (χ1) is 10.2. The van der Waals surface area contributed by atoms with Crippen molar-refractivity contribution >= 4 is 29.3 Å². The van der Waals surface area contributed by atoms with Gasteiger partial charge in [-0.3, -0.25) is 4.79 Å². The largest absolute Gasteiger partial charge is 0.476 e. The molecule has 0 bridgehead atoms. The number of carboxylic acids is 1. The fraction of sp³-hybridized carbons (Fsp3) is 0.267. The molecular formula is C15H16ClN3O3. The van der Waals surface area contributed by atoms with E-state index in [0.717, 1.165) is 0 Å². The van der Waals surface area contributed by atoms with Crippen molar-refractivity contribution in [2.24, 2.45) is 0 Å². The third kappa shape index (κ3) is 3.28. The first-order valence-corrected chi connectivity index (χ1v) is 6.97. The molecule has 2 N–H and O–H groups in total. The highest BCUT2D eigenvalue weighted by Gasteiger charge is 2.23. The molecule has 2 aromatic rings. The van der Waals surface area contributed by atoms with Gasteiger partial charge in [-0.05, 0) is 32.9 Å². The summed E-state index contributed by atoms with van der Waals surface area (Å²) in [5.41, 5.74) is -0.316. The van der Waals surface area contributed by atoms with E-state index in [0.29, 0.717) is 16.4 Å². The van der Waals surface area contributed by atoms with Crippen LogP contribution in [-0.2, 0) is 5.54 Å². The minimum Gasteiger partial charge on any atom is -0.476 e. The Hall–Kier alpha value is -2.34. The zero-order valence-electron chi connectivity index (χ0n) is 12.4. The van der Waals surface area contributed by atoms with E-state index < -0.39 is 17.4 Å². The molecular weight excluding hydrogens is 306 g/mol. The second-order valence-electron chi connectivity index (χ2n) is 5.74. The summed E-state index contributed by atoms with van der Waals surface area (Å²) in [6.07, 6.45) is 0. The molecule has 1 heterocycles. The molecule has 0 fully saturated rings. The standard InChI is InChI=1S/C15H16ClN3O3/c1-15(2,3)19-12(8-11(18-19)14(21)22)17-13(20)9-6-4-5-7-10(9)16/h4-8H,1-3H3,(H,17,20)(H,21,22). The highest BCUT2D eigenvalue weighted by Crippen LogP contribution is 2.23. The van der Waals surface area contributed by atoms with Gasteiger partial charge in [0, 0.05) is 6.07 Å². The van der Waals surface area contributed by atoms with Gasteiger partial charge in [0.05, 0.1) is 16.1 Å². The van der Waals surface area contributed by atoms with Gasteiger partial charge >= 0.3 is 5.97 Å². The number of halogens is 1. The lowest BCUT2D eigenvalue weighted by Gasteiger charge is -2.22. The summed E-state index contributed by atoms with van der Waals surface area (Å²) in [5.74, 6) is -1.28. The van der Waals surface area contributed by atoms with Crippen LogP contribution in [-0.4, -0.2) is 26.8 Å². The summed E-state index contributed by atoms with van der Waals surface area (Å²) < 4.78 is 1.46. The lowest BCUT2D eigenvalue weighted by molar-refractivity contribution is 0.0688. The SMILES string of the molecule is CC(C)(C)n1nc(C(=O)O)cc1NC(=O)c1ccccc1Cl. The van der Waals surface area contributed by atoms with Gasteiger partial charge in [0.25, 0.3) is 5.91 Å². The summed E-state index contributed by atoms with van der Waals surface area (Å²) >= 11 is 5.99. The fourth-order valence-electron chi connectivity index (χ4n) is 1.92. The molecule has 1 amide bonds. The number of hydrogen-bond acceptors (Lipinski definition) is 3. The maximum atomic E-state index is 12.3. The monoisotopic (exact) mass is 321 g/mol. The van der Waals surface area contributed by atoms with Crippen molar-refractivity contribution in [2.75, 3.05) is 5.32 Å². The lowest BCUT2D eigenvalue weighted by atomic mass is 10.1. The molecule has 0 radical (unpaired) electrons. The van der Waals surface area contributed by atoms with Crippen LogP contribution in [0.15, 0.2) is 30.3 Å². The first kappa shape index (κ1) is 16.0. The molecule has 0 aliphatic heterocycles. The number of anilines is 1. The van der Waals surface area contributed by atoms with E-state index in [4.69, 9.17) is 16.7 Å². The number of nitrogens with zero attached hydrogens (tertiary/aromatic N) is 2. The molecule has 0 spiro atoms. The molecule has 1 aromatic carbocycles. The Morgan fingerprint density at radius 1 is 1.27 bits per heavy atom. The van der Waals surface area contributed by atoms with E-state index in [1.807, 2.05) is 20.8 Å². The molecule has 2 rings (SSSR count). The van der Waals surface area contributed by atoms with Crippen molar-refractivity contribution in [3.63, 3.8) is 0 Å². The molecule has 22 heavy (non-hydrogen) atoms. The van der Waals surface area contributed by atoms with Crippen molar-refractivity contribution in [3.05, 3.63) is 46.6 Å². The van der Waals surface area contributed by atoms with E-state index in [-0.39, 0.29) is 5.69 Å². The topological polar surface area (TPSA) is 84.2 Å². The van der Waals surface area contributed by atoms with Gasteiger partial charge in [0.15, 0.2) is 5.69 Å². The number of nitrogens with one attached hydrogen (secondary N) is 1. The third-order valence-corrected chi connectivity index (χ3v) is 3.25. The predicted octanol–water partition coefficient (Wildman–Crippen LogP) is 3.24. The maximum absolute atomic E-state index is 12.3. The van der Waals surface area contributed by atoms with Crippen molar-refractivity contribution in [1.29, 1.82) is 0 Å². The normalized spacial score (nSPS) is 11.3. The van der Waals surface area contributed by atoms with Crippen molar-refractivity contribution in [3.8, 4) is 0 Å². The van der Waals surface area contributed by atoms with Gasteiger partial charge in [-0.1, -0.05) is 23.7 Å². The minimum atomic E-state index is -1.16. The van der Waals surface area contributed by atoms with Crippen molar-refractivity contribution in [1.82, 2.24) is 9.78 Å². The molecule has 7 heteroatoms. The number of carboxylic acid groups (broad SMARTS) is 1. The minimum absolute atomic E-state index is 0.135. The van der Waals surface area contributed by atoms with E-state index >= 15 is 0 Å². The van der Waals surface area contributed by atoms with Crippen LogP contribution in [0, 0.1) is 0 Å². The highest BCUT2D eigenvalue weighted by molar-refractivity contribution is 6.34. The molecule has 116 valence electrons. The third-order valence-electron chi connectivity index (χ3n) is 2.92. The van der Waals surface area contributed by atoms with Crippen LogP contribution in [0.25, 0.3) is 0 Å². The second kappa shape index (κ2) is 5.81. The Morgan fingerprint density at radius 3 is 2.45 bits per heavy atom. The number of amides is 1. The summed E-state index contributed by atoms with van der Waals surface area (Å²) in [6, 6.07) is 7.95. The molecule has 0 atom stereocenters. The molecule has 6 nitrogen and oxygen atoms in total. The van der Waals surface area contributed by atoms with E-state index in [1.165, 1.54) is 10.7 Å². The summed E-state index contributed by atoms with van der Waals surface area (Å²) in [7, 11) is 0. The van der Waals surface area contributed by atoms with E-state index in [9.17, 15) is 9.59 Å². The van der Waals surface area contributed by atoms with Crippen molar-refractivity contribution < 1.29 is 14.7 Å². The maximum Gasteiger partial charge on any atom is 0.356 e. The zero-order chi connectivity index (χ0) is 16.5. The number of hydrogen-bond donors (Lipinski definition) is 2. The number of carbonyl (C=O) groups excluding carboxylic acids is 1. The van der Waals surface area contributed by atoms with Gasteiger partial charge in [0.1, 0.15) is 5.82 Å². The summed E-state index contributed by atoms with van der Waals surface area (Å²) in [6.45, 7) is 5.57. The Balaban J connectivity index is 2.39. The second-order valence-corrected chi connectivity index (χ2v) is 6.14. The molecule has 0 aliphatic rings. The van der Waals surface area contributed by atoms with Crippen LogP contribution < -0.4 is 5.32 Å². The van der Waals surface area contributed by atoms with Gasteiger partial charge in [-0.2, -0.15) is 5.10 Å². The molecule has 1 aromatic heterocycles. The van der Waals surface area contributed by atoms with Crippen LogP contribution in [0.2, 0.25) is 5.02 Å². The first-order valence-electron chi connectivity index (χ1n) is 6.60. The molecule has 0 saturated carbocycles. The van der Waals surface area contributed by atoms with E-state index in [2.05, 4.69) is 10.4 Å². The van der Waals surface area contributed by atoms with Crippen LogP contribution in [0.3, 0.4) is 0 Å². The van der Waals surface area contributed by atoms with Gasteiger partial charge in [-0.15, -0.1) is 0 Å². The quantitative estimate of drug-likeness (QED) is 0.909. The Morgan fingerprint density at radius 2 is 1.91 bits per heavy atom. The average Bonchev–Trinajstić information content (AvgIpc) is 2.83. The summed E-state index contributed by atoms with van der Waals surface area (Å²) in [5, 5.41) is 16.1. The van der Waals surface area contributed by atoms with Crippen LogP contribution in [0.1, 0.15) is 41.6 Å².